The first-order chi connectivity index (χ1) is 12.9. The van der Waals surface area contributed by atoms with Crippen molar-refractivity contribution in [2.75, 3.05) is 13.2 Å². The quantitative estimate of drug-likeness (QED) is 0.856. The molecule has 0 radical (unpaired) electrons. The Hall–Kier alpha value is -1.55. The van der Waals surface area contributed by atoms with Crippen molar-refractivity contribution in [3.8, 4) is 5.75 Å². The van der Waals surface area contributed by atoms with Gasteiger partial charge in [0.1, 0.15) is 5.75 Å². The summed E-state index contributed by atoms with van der Waals surface area (Å²) in [6.07, 6.45) is 5.83. The predicted octanol–water partition coefficient (Wildman–Crippen LogP) is 4.03. The second-order valence-electron chi connectivity index (χ2n) is 9.79. The lowest BCUT2D eigenvalue weighted by Gasteiger charge is -2.53. The van der Waals surface area contributed by atoms with Gasteiger partial charge in [0.05, 0.1) is 12.7 Å². The highest BCUT2D eigenvalue weighted by molar-refractivity contribution is 5.73. The molecular weight excluding hydrogens is 338 g/mol. The normalized spacial score (nSPS) is 38.6. The van der Waals surface area contributed by atoms with Crippen LogP contribution in [0.15, 0.2) is 18.2 Å². The van der Waals surface area contributed by atoms with Gasteiger partial charge in [-0.1, -0.05) is 19.9 Å². The highest BCUT2D eigenvalue weighted by atomic mass is 16.5. The van der Waals surface area contributed by atoms with E-state index in [9.17, 15) is 4.79 Å². The number of carbonyl (C=O) groups excluding carboxylic acids is 1. The Kier molecular flexibility index (Phi) is 3.88. The van der Waals surface area contributed by atoms with Crippen LogP contribution >= 0.6 is 0 Å². The molecule has 1 N–H and O–H groups in total. The van der Waals surface area contributed by atoms with Gasteiger partial charge in [-0.25, -0.2) is 0 Å². The fraction of sp³-hybridized carbons (Fsp3) is 0.696. The van der Waals surface area contributed by atoms with E-state index in [0.29, 0.717) is 11.8 Å². The molecule has 2 aliphatic carbocycles. The third-order valence-electron chi connectivity index (χ3n) is 8.11. The number of carbonyl (C=O) groups is 1. The summed E-state index contributed by atoms with van der Waals surface area (Å²) < 4.78 is 12.2. The molecule has 2 aliphatic heterocycles. The Morgan fingerprint density at radius 1 is 1.26 bits per heavy atom. The molecule has 5 atom stereocenters. The van der Waals surface area contributed by atoms with Gasteiger partial charge in [0.15, 0.2) is 0 Å². The number of hydrogen-bond donors (Lipinski definition) is 1. The van der Waals surface area contributed by atoms with Crippen LogP contribution in [0.5, 0.6) is 5.75 Å². The SMILES string of the molecule is CC(=O)N[C@@H]1C(C)(C)[C@@H]2C[C@@H]3[C@@H](c4ccc5c(c4)CCCO5)OCC[C@@]31C2. The smallest absolute Gasteiger partial charge is 0.217 e. The van der Waals surface area contributed by atoms with Crippen LogP contribution in [0.1, 0.15) is 63.7 Å². The number of fused-ring (bicyclic) bond motifs is 2. The molecule has 2 heterocycles. The second-order valence-corrected chi connectivity index (χ2v) is 9.79. The average molecular weight is 370 g/mol. The molecule has 3 fully saturated rings. The third kappa shape index (κ3) is 2.48. The standard InChI is InChI=1S/C23H31NO3/c1-14(25)24-21-22(2,3)17-12-18-20(27-10-8-23(18,21)13-17)16-6-7-19-15(11-16)5-4-9-26-19/h6-7,11,17-18,20-21H,4-5,8-10,12-13H2,1-3H3,(H,24,25)/t17-,18-,20-,21-,23-/m1/s1. The number of hydrogen-bond acceptors (Lipinski definition) is 3. The molecule has 4 aliphatic rings. The van der Waals surface area contributed by atoms with E-state index in [0.717, 1.165) is 38.2 Å². The van der Waals surface area contributed by atoms with Crippen LogP contribution in [0.25, 0.3) is 0 Å². The lowest BCUT2D eigenvalue weighted by atomic mass is 9.59. The highest BCUT2D eigenvalue weighted by Crippen LogP contribution is 2.70. The summed E-state index contributed by atoms with van der Waals surface area (Å²) in [5.74, 6) is 2.29. The van der Waals surface area contributed by atoms with Crippen molar-refractivity contribution in [2.24, 2.45) is 22.7 Å². The molecule has 146 valence electrons. The molecular formula is C23H31NO3. The van der Waals surface area contributed by atoms with Gasteiger partial charge in [0, 0.05) is 19.6 Å². The second kappa shape index (κ2) is 5.97. The van der Waals surface area contributed by atoms with E-state index >= 15 is 0 Å². The summed E-state index contributed by atoms with van der Waals surface area (Å²) in [5, 5.41) is 3.36. The molecule has 0 aromatic heterocycles. The number of ether oxygens (including phenoxy) is 2. The first kappa shape index (κ1) is 17.5. The van der Waals surface area contributed by atoms with E-state index in [1.807, 2.05) is 0 Å². The van der Waals surface area contributed by atoms with Crippen LogP contribution < -0.4 is 10.1 Å². The van der Waals surface area contributed by atoms with Gasteiger partial charge in [-0.05, 0) is 78.0 Å². The van der Waals surface area contributed by atoms with Crippen molar-refractivity contribution in [1.82, 2.24) is 5.32 Å². The molecule has 4 nitrogen and oxygen atoms in total. The first-order valence-corrected chi connectivity index (χ1v) is 10.6. The maximum Gasteiger partial charge on any atom is 0.217 e. The van der Waals surface area contributed by atoms with Crippen LogP contribution in [-0.2, 0) is 16.0 Å². The minimum atomic E-state index is 0.0997. The van der Waals surface area contributed by atoms with Crippen molar-refractivity contribution >= 4 is 5.91 Å². The van der Waals surface area contributed by atoms with Gasteiger partial charge in [-0.2, -0.15) is 0 Å². The Balaban J connectivity index is 1.50. The summed E-state index contributed by atoms with van der Waals surface area (Å²) in [6, 6.07) is 6.91. The summed E-state index contributed by atoms with van der Waals surface area (Å²) in [6.45, 7) is 7.97. The van der Waals surface area contributed by atoms with Gasteiger partial charge in [0.25, 0.3) is 0 Å². The number of rotatable bonds is 2. The van der Waals surface area contributed by atoms with Crippen molar-refractivity contribution in [2.45, 2.75) is 65.0 Å². The average Bonchev–Trinajstić information content (AvgIpc) is 3.14. The molecule has 1 saturated heterocycles. The van der Waals surface area contributed by atoms with Gasteiger partial charge in [-0.3, -0.25) is 4.79 Å². The van der Waals surface area contributed by atoms with E-state index in [1.165, 1.54) is 24.0 Å². The first-order valence-electron chi connectivity index (χ1n) is 10.6. The number of nitrogens with one attached hydrogen (secondary N) is 1. The van der Waals surface area contributed by atoms with Crippen molar-refractivity contribution in [3.05, 3.63) is 29.3 Å². The van der Waals surface area contributed by atoms with Gasteiger partial charge < -0.3 is 14.8 Å². The number of benzene rings is 1. The third-order valence-corrected chi connectivity index (χ3v) is 8.11. The lowest BCUT2D eigenvalue weighted by Crippen LogP contribution is -2.58. The Bertz CT molecular complexity index is 773. The van der Waals surface area contributed by atoms with Crippen molar-refractivity contribution in [3.63, 3.8) is 0 Å². The maximum atomic E-state index is 12.0. The highest BCUT2D eigenvalue weighted by Gasteiger charge is 2.68. The van der Waals surface area contributed by atoms with Crippen LogP contribution in [0.4, 0.5) is 0 Å². The molecule has 1 amide bonds. The van der Waals surface area contributed by atoms with E-state index in [2.05, 4.69) is 37.4 Å². The van der Waals surface area contributed by atoms with E-state index in [4.69, 9.17) is 9.47 Å². The summed E-state index contributed by atoms with van der Waals surface area (Å²) in [7, 11) is 0. The monoisotopic (exact) mass is 369 g/mol. The van der Waals surface area contributed by atoms with E-state index < -0.39 is 0 Å². The maximum absolute atomic E-state index is 12.0. The molecule has 4 heteroatoms. The molecule has 1 aromatic rings. The predicted molar refractivity (Wildman–Crippen MR) is 104 cm³/mol. The topological polar surface area (TPSA) is 47.6 Å². The number of aryl methyl sites for hydroxylation is 1. The molecule has 2 bridgehead atoms. The van der Waals surface area contributed by atoms with Crippen LogP contribution in [0.2, 0.25) is 0 Å². The van der Waals surface area contributed by atoms with Crippen LogP contribution in [0.3, 0.4) is 0 Å². The Morgan fingerprint density at radius 3 is 2.93 bits per heavy atom. The zero-order valence-corrected chi connectivity index (χ0v) is 16.7. The molecule has 1 aromatic carbocycles. The molecule has 1 spiro atoms. The summed E-state index contributed by atoms with van der Waals surface area (Å²) in [5.41, 5.74) is 2.96. The Morgan fingerprint density at radius 2 is 2.11 bits per heavy atom. The van der Waals surface area contributed by atoms with Crippen molar-refractivity contribution < 1.29 is 14.3 Å². The van der Waals surface area contributed by atoms with Crippen molar-refractivity contribution in [1.29, 1.82) is 0 Å². The van der Waals surface area contributed by atoms with Gasteiger partial charge in [-0.15, -0.1) is 0 Å². The van der Waals surface area contributed by atoms with E-state index in [1.54, 1.807) is 6.92 Å². The fourth-order valence-corrected chi connectivity index (χ4v) is 6.88. The Labute approximate surface area is 162 Å². The summed E-state index contributed by atoms with van der Waals surface area (Å²) in [4.78, 5) is 12.0. The minimum absolute atomic E-state index is 0.0997. The van der Waals surface area contributed by atoms with E-state index in [-0.39, 0.29) is 28.9 Å². The molecule has 2 saturated carbocycles. The molecule has 27 heavy (non-hydrogen) atoms. The van der Waals surface area contributed by atoms with Gasteiger partial charge >= 0.3 is 0 Å². The van der Waals surface area contributed by atoms with Gasteiger partial charge in [0.2, 0.25) is 5.91 Å². The lowest BCUT2D eigenvalue weighted by molar-refractivity contribution is -0.136. The molecule has 5 rings (SSSR count). The zero-order valence-electron chi connectivity index (χ0n) is 16.7. The minimum Gasteiger partial charge on any atom is -0.493 e. The van der Waals surface area contributed by atoms with Crippen LogP contribution in [-0.4, -0.2) is 25.2 Å². The molecule has 0 unspecified atom stereocenters. The largest absolute Gasteiger partial charge is 0.493 e. The number of amides is 1. The zero-order chi connectivity index (χ0) is 18.8. The van der Waals surface area contributed by atoms with Crippen LogP contribution in [0, 0.1) is 22.7 Å². The fourth-order valence-electron chi connectivity index (χ4n) is 6.88. The summed E-state index contributed by atoms with van der Waals surface area (Å²) >= 11 is 0.